The molecule has 0 bridgehead atoms. The summed E-state index contributed by atoms with van der Waals surface area (Å²) in [7, 11) is 0. The van der Waals surface area contributed by atoms with Gasteiger partial charge in [-0.2, -0.15) is 0 Å². The third-order valence-electron chi connectivity index (χ3n) is 2.28. The minimum Gasteiger partial charge on any atom is -0.351 e. The first-order valence-corrected chi connectivity index (χ1v) is 5.53. The molecule has 0 heterocycles. The summed E-state index contributed by atoms with van der Waals surface area (Å²) in [6.07, 6.45) is 0. The van der Waals surface area contributed by atoms with Gasteiger partial charge in [0.15, 0.2) is 0 Å². The number of nitrogens with two attached hydrogens (primary N) is 1. The van der Waals surface area contributed by atoms with E-state index in [0.29, 0.717) is 13.1 Å². The fourth-order valence-corrected chi connectivity index (χ4v) is 1.32. The second-order valence-electron chi connectivity index (χ2n) is 3.53. The van der Waals surface area contributed by atoms with Crippen molar-refractivity contribution in [1.82, 2.24) is 15.5 Å². The van der Waals surface area contributed by atoms with Crippen LogP contribution in [0.25, 0.3) is 0 Å². The third-order valence-corrected chi connectivity index (χ3v) is 2.28. The SMILES string of the molecule is CCN(CC)C(=O)C(C)NCC(=O)NC(N)=O. The number of nitrogens with zero attached hydrogens (tertiary/aromatic N) is 1. The van der Waals surface area contributed by atoms with Gasteiger partial charge < -0.3 is 10.6 Å². The molecule has 0 aliphatic rings. The molecular weight excluding hydrogens is 224 g/mol. The van der Waals surface area contributed by atoms with Crippen molar-refractivity contribution in [3.05, 3.63) is 0 Å². The molecule has 0 fully saturated rings. The minimum absolute atomic E-state index is 0.0816. The van der Waals surface area contributed by atoms with Crippen molar-refractivity contribution in [1.29, 1.82) is 0 Å². The van der Waals surface area contributed by atoms with Gasteiger partial charge in [0.2, 0.25) is 11.8 Å². The molecule has 0 saturated carbocycles. The lowest BCUT2D eigenvalue weighted by molar-refractivity contribution is -0.132. The smallest absolute Gasteiger partial charge is 0.318 e. The summed E-state index contributed by atoms with van der Waals surface area (Å²) in [6.45, 7) is 6.54. The molecule has 1 atom stereocenters. The first kappa shape index (κ1) is 15.4. The van der Waals surface area contributed by atoms with Crippen LogP contribution in [0.15, 0.2) is 0 Å². The van der Waals surface area contributed by atoms with Gasteiger partial charge in [0.05, 0.1) is 12.6 Å². The molecular formula is C10H20N4O3. The van der Waals surface area contributed by atoms with Crippen LogP contribution >= 0.6 is 0 Å². The predicted octanol–water partition coefficient (Wildman–Crippen LogP) is -0.972. The largest absolute Gasteiger partial charge is 0.351 e. The Balaban J connectivity index is 4.08. The minimum atomic E-state index is -0.903. The Bertz CT molecular complexity index is 289. The number of amides is 4. The number of likely N-dealkylation sites (N-methyl/N-ethyl adjacent to an activating group) is 1. The lowest BCUT2D eigenvalue weighted by Crippen LogP contribution is -2.48. The summed E-state index contributed by atoms with van der Waals surface area (Å²) in [5.41, 5.74) is 4.78. The highest BCUT2D eigenvalue weighted by Gasteiger charge is 2.18. The fourth-order valence-electron chi connectivity index (χ4n) is 1.32. The Morgan fingerprint density at radius 2 is 1.76 bits per heavy atom. The van der Waals surface area contributed by atoms with E-state index in [1.165, 1.54) is 0 Å². The van der Waals surface area contributed by atoms with Gasteiger partial charge in [-0.25, -0.2) is 4.79 Å². The lowest BCUT2D eigenvalue weighted by Gasteiger charge is -2.23. The Morgan fingerprint density at radius 1 is 1.24 bits per heavy atom. The standard InChI is InChI=1S/C10H20N4O3/c1-4-14(5-2)9(16)7(3)12-6-8(15)13-10(11)17/h7,12H,4-6H2,1-3H3,(H3,11,13,15,17). The van der Waals surface area contributed by atoms with Crippen LogP contribution in [-0.4, -0.2) is 48.4 Å². The second-order valence-corrected chi connectivity index (χ2v) is 3.53. The van der Waals surface area contributed by atoms with Crippen molar-refractivity contribution in [3.8, 4) is 0 Å². The normalized spacial score (nSPS) is 11.7. The molecule has 0 rings (SSSR count). The molecule has 0 aliphatic carbocycles. The maximum Gasteiger partial charge on any atom is 0.318 e. The van der Waals surface area contributed by atoms with E-state index in [1.54, 1.807) is 11.8 Å². The molecule has 0 saturated heterocycles. The van der Waals surface area contributed by atoms with Crippen molar-refractivity contribution in [2.45, 2.75) is 26.8 Å². The predicted molar refractivity (Wildman–Crippen MR) is 63.1 cm³/mol. The van der Waals surface area contributed by atoms with E-state index in [-0.39, 0.29) is 12.5 Å². The van der Waals surface area contributed by atoms with Crippen LogP contribution in [0, 0.1) is 0 Å². The first-order valence-electron chi connectivity index (χ1n) is 5.53. The maximum atomic E-state index is 11.8. The zero-order valence-electron chi connectivity index (χ0n) is 10.4. The summed E-state index contributed by atoms with van der Waals surface area (Å²) in [5, 5.41) is 4.63. The van der Waals surface area contributed by atoms with Crippen molar-refractivity contribution >= 4 is 17.8 Å². The van der Waals surface area contributed by atoms with Crippen molar-refractivity contribution in [3.63, 3.8) is 0 Å². The van der Waals surface area contributed by atoms with Crippen LogP contribution < -0.4 is 16.4 Å². The van der Waals surface area contributed by atoms with Crippen LogP contribution in [0.2, 0.25) is 0 Å². The molecule has 0 aromatic carbocycles. The highest BCUT2D eigenvalue weighted by atomic mass is 16.2. The van der Waals surface area contributed by atoms with Crippen molar-refractivity contribution < 1.29 is 14.4 Å². The van der Waals surface area contributed by atoms with E-state index in [1.807, 2.05) is 19.2 Å². The highest BCUT2D eigenvalue weighted by molar-refractivity contribution is 5.94. The Hall–Kier alpha value is -1.63. The van der Waals surface area contributed by atoms with Gasteiger partial charge in [0.25, 0.3) is 0 Å². The molecule has 98 valence electrons. The summed E-state index contributed by atoms with van der Waals surface area (Å²) < 4.78 is 0. The summed E-state index contributed by atoms with van der Waals surface area (Å²) >= 11 is 0. The quantitative estimate of drug-likeness (QED) is 0.559. The van der Waals surface area contributed by atoms with Crippen molar-refractivity contribution in [2.24, 2.45) is 5.73 Å². The Morgan fingerprint density at radius 3 is 2.18 bits per heavy atom. The van der Waals surface area contributed by atoms with E-state index in [2.05, 4.69) is 5.32 Å². The molecule has 7 heteroatoms. The van der Waals surface area contributed by atoms with Gasteiger partial charge in [0.1, 0.15) is 0 Å². The third kappa shape index (κ3) is 5.86. The zero-order chi connectivity index (χ0) is 13.4. The van der Waals surface area contributed by atoms with Gasteiger partial charge in [-0.15, -0.1) is 0 Å². The fraction of sp³-hybridized carbons (Fsp3) is 0.700. The van der Waals surface area contributed by atoms with Gasteiger partial charge in [0, 0.05) is 13.1 Å². The molecule has 4 N–H and O–H groups in total. The molecule has 0 aromatic heterocycles. The number of primary amides is 1. The monoisotopic (exact) mass is 244 g/mol. The van der Waals surface area contributed by atoms with E-state index in [0.717, 1.165) is 0 Å². The van der Waals surface area contributed by atoms with Gasteiger partial charge in [-0.3, -0.25) is 20.2 Å². The highest BCUT2D eigenvalue weighted by Crippen LogP contribution is 1.94. The molecule has 17 heavy (non-hydrogen) atoms. The van der Waals surface area contributed by atoms with Gasteiger partial charge in [-0.05, 0) is 20.8 Å². The maximum absolute atomic E-state index is 11.8. The van der Waals surface area contributed by atoms with Gasteiger partial charge >= 0.3 is 6.03 Å². The number of urea groups is 1. The number of carbonyl (C=O) groups is 3. The summed E-state index contributed by atoms with van der Waals surface area (Å²) in [4.78, 5) is 34.9. The number of rotatable bonds is 6. The molecule has 4 amide bonds. The summed E-state index contributed by atoms with van der Waals surface area (Å²) in [5.74, 6) is -0.640. The average molecular weight is 244 g/mol. The van der Waals surface area contributed by atoms with Gasteiger partial charge in [-0.1, -0.05) is 0 Å². The number of imide groups is 1. The van der Waals surface area contributed by atoms with E-state index in [4.69, 9.17) is 5.73 Å². The number of hydrogen-bond acceptors (Lipinski definition) is 4. The molecule has 0 radical (unpaired) electrons. The molecule has 0 aromatic rings. The average Bonchev–Trinajstić information content (AvgIpc) is 2.26. The Kier molecular flexibility index (Phi) is 6.88. The van der Waals surface area contributed by atoms with Crippen LogP contribution in [0.1, 0.15) is 20.8 Å². The van der Waals surface area contributed by atoms with E-state index in [9.17, 15) is 14.4 Å². The molecule has 0 spiro atoms. The second kappa shape index (κ2) is 7.61. The number of hydrogen-bond donors (Lipinski definition) is 3. The molecule has 7 nitrogen and oxygen atoms in total. The number of carbonyl (C=O) groups excluding carboxylic acids is 3. The van der Waals surface area contributed by atoms with Crippen LogP contribution in [0.4, 0.5) is 4.79 Å². The lowest BCUT2D eigenvalue weighted by atomic mass is 10.2. The Labute approximate surface area is 101 Å². The molecule has 1 unspecified atom stereocenters. The number of nitrogens with one attached hydrogen (secondary N) is 2. The zero-order valence-corrected chi connectivity index (χ0v) is 10.4. The van der Waals surface area contributed by atoms with Crippen LogP contribution in [-0.2, 0) is 9.59 Å². The van der Waals surface area contributed by atoms with Crippen LogP contribution in [0.3, 0.4) is 0 Å². The van der Waals surface area contributed by atoms with E-state index >= 15 is 0 Å². The van der Waals surface area contributed by atoms with E-state index < -0.39 is 18.0 Å². The topological polar surface area (TPSA) is 105 Å². The molecule has 0 aliphatic heterocycles. The first-order chi connectivity index (χ1) is 7.92. The van der Waals surface area contributed by atoms with Crippen molar-refractivity contribution in [2.75, 3.05) is 19.6 Å². The van der Waals surface area contributed by atoms with Crippen LogP contribution in [0.5, 0.6) is 0 Å². The summed E-state index contributed by atoms with van der Waals surface area (Å²) in [6, 6.07) is -1.38.